The monoisotopic (exact) mass is 550 g/mol. The highest BCUT2D eigenvalue weighted by Crippen LogP contribution is 2.38. The minimum absolute atomic E-state index is 0.0408. The maximum absolute atomic E-state index is 12.7. The summed E-state index contributed by atoms with van der Waals surface area (Å²) in [6, 6.07) is 10.1. The molecule has 2 aromatic rings. The van der Waals surface area contributed by atoms with Gasteiger partial charge in [-0.1, -0.05) is 12.1 Å². The van der Waals surface area contributed by atoms with E-state index in [2.05, 4.69) is 0 Å². The molecule has 2 saturated heterocycles. The van der Waals surface area contributed by atoms with Crippen LogP contribution >= 0.6 is 0 Å². The number of ether oxygens (including phenoxy) is 6. The van der Waals surface area contributed by atoms with Gasteiger partial charge in [0.1, 0.15) is 24.4 Å². The van der Waals surface area contributed by atoms with Crippen LogP contribution in [0.3, 0.4) is 0 Å². The van der Waals surface area contributed by atoms with Gasteiger partial charge in [0.2, 0.25) is 6.29 Å². The molecule has 0 radical (unpaired) electrons. The van der Waals surface area contributed by atoms with E-state index in [1.165, 1.54) is 27.4 Å². The topological polar surface area (TPSA) is 174 Å². The van der Waals surface area contributed by atoms with Gasteiger partial charge in [0.25, 0.3) is 0 Å². The Bertz CT molecular complexity index is 1150. The number of rotatable bonds is 10. The van der Waals surface area contributed by atoms with E-state index in [0.717, 1.165) is 5.56 Å². The van der Waals surface area contributed by atoms with E-state index in [1.54, 1.807) is 24.3 Å². The number of hydrogen-bond acceptors (Lipinski definition) is 12. The maximum atomic E-state index is 12.7. The molecule has 2 fully saturated rings. The lowest BCUT2D eigenvalue weighted by molar-refractivity contribution is -0.277. The second-order valence-corrected chi connectivity index (χ2v) is 9.59. The molecule has 2 aliphatic rings. The van der Waals surface area contributed by atoms with E-state index in [1.807, 2.05) is 6.07 Å². The Morgan fingerprint density at radius 3 is 2.15 bits per heavy atom. The Morgan fingerprint density at radius 2 is 1.49 bits per heavy atom. The van der Waals surface area contributed by atoms with Gasteiger partial charge in [-0.2, -0.15) is 0 Å². The molecule has 2 heterocycles. The third-order valence-electron chi connectivity index (χ3n) is 7.17. The third-order valence-corrected chi connectivity index (χ3v) is 7.17. The first-order valence-corrected chi connectivity index (χ1v) is 12.4. The Morgan fingerprint density at radius 1 is 0.872 bits per heavy atom. The molecular formula is C27H34O12. The lowest BCUT2D eigenvalue weighted by Crippen LogP contribution is -2.60. The molecule has 0 amide bonds. The van der Waals surface area contributed by atoms with Crippen LogP contribution in [0.2, 0.25) is 0 Å². The second-order valence-electron chi connectivity index (χ2n) is 9.59. The summed E-state index contributed by atoms with van der Waals surface area (Å²) in [5.74, 6) is 0.161. The number of cyclic esters (lactones) is 1. The number of benzene rings is 2. The van der Waals surface area contributed by atoms with Crippen LogP contribution in [0, 0.1) is 5.92 Å². The molecule has 12 heteroatoms. The number of hydrogen-bond donors (Lipinski definition) is 5. The quantitative estimate of drug-likeness (QED) is 0.242. The fraction of sp³-hybridized carbons (Fsp3) is 0.519. The molecule has 0 bridgehead atoms. The lowest BCUT2D eigenvalue weighted by atomic mass is 9.81. The van der Waals surface area contributed by atoms with E-state index in [9.17, 15) is 30.3 Å². The van der Waals surface area contributed by atoms with E-state index in [0.29, 0.717) is 23.5 Å². The van der Waals surface area contributed by atoms with Gasteiger partial charge in [-0.3, -0.25) is 0 Å². The normalized spacial score (nSPS) is 30.5. The molecule has 39 heavy (non-hydrogen) atoms. The molecule has 214 valence electrons. The summed E-state index contributed by atoms with van der Waals surface area (Å²) >= 11 is 0. The first kappa shape index (κ1) is 28.9. The number of carbonyl (C=O) groups excluding carboxylic acids is 1. The van der Waals surface area contributed by atoms with Crippen molar-refractivity contribution in [3.8, 4) is 23.0 Å². The third kappa shape index (κ3) is 5.76. The van der Waals surface area contributed by atoms with Gasteiger partial charge in [-0.25, -0.2) is 4.79 Å². The van der Waals surface area contributed by atoms with E-state index < -0.39 is 54.8 Å². The maximum Gasteiger partial charge on any atom is 0.338 e. The van der Waals surface area contributed by atoms with Gasteiger partial charge >= 0.3 is 5.97 Å². The van der Waals surface area contributed by atoms with Crippen molar-refractivity contribution >= 4 is 5.97 Å². The molecule has 12 nitrogen and oxygen atoms in total. The second kappa shape index (κ2) is 11.9. The summed E-state index contributed by atoms with van der Waals surface area (Å²) in [7, 11) is 4.45. The lowest BCUT2D eigenvalue weighted by Gasteiger charge is -2.39. The van der Waals surface area contributed by atoms with Crippen molar-refractivity contribution in [1.29, 1.82) is 0 Å². The van der Waals surface area contributed by atoms with Crippen molar-refractivity contribution in [3.05, 3.63) is 47.5 Å². The summed E-state index contributed by atoms with van der Waals surface area (Å²) in [5, 5.41) is 51.2. The van der Waals surface area contributed by atoms with Crippen molar-refractivity contribution in [2.75, 3.05) is 34.5 Å². The van der Waals surface area contributed by atoms with Crippen LogP contribution in [0.25, 0.3) is 0 Å². The zero-order chi connectivity index (χ0) is 28.3. The zero-order valence-corrected chi connectivity index (χ0v) is 21.9. The molecule has 4 rings (SSSR count). The number of aliphatic hydroxyl groups is 5. The van der Waals surface area contributed by atoms with Crippen molar-refractivity contribution in [3.63, 3.8) is 0 Å². The summed E-state index contributed by atoms with van der Waals surface area (Å²) in [5.41, 5.74) is -0.431. The van der Waals surface area contributed by atoms with Crippen molar-refractivity contribution < 1.29 is 58.7 Å². The SMILES string of the molecule is COc1ccc(CC2COC(=O)C2(O)Cc2ccc(OC3OC(CO)C(O)C(O)C3O)c(OC)c2)cc1OC. The van der Waals surface area contributed by atoms with Gasteiger partial charge < -0.3 is 54.0 Å². The minimum atomic E-state index is -1.81. The predicted molar refractivity (Wildman–Crippen MR) is 134 cm³/mol. The molecule has 0 aliphatic carbocycles. The van der Waals surface area contributed by atoms with Crippen LogP contribution in [-0.2, 0) is 27.1 Å². The molecule has 7 unspecified atom stereocenters. The van der Waals surface area contributed by atoms with Crippen molar-refractivity contribution in [2.45, 2.75) is 49.1 Å². The molecule has 7 atom stereocenters. The standard InChI is InChI=1S/C27H34O12/c1-34-17-6-4-14(9-19(17)35-2)8-16-13-37-26(32)27(16,33)11-15-5-7-18(20(10-15)36-3)38-25-24(31)23(30)22(29)21(12-28)39-25/h4-7,9-10,16,21-25,28-31,33H,8,11-13H2,1-3H3. The van der Waals surface area contributed by atoms with Crippen LogP contribution in [0.1, 0.15) is 11.1 Å². The molecule has 0 spiro atoms. The first-order chi connectivity index (χ1) is 18.6. The smallest absolute Gasteiger partial charge is 0.338 e. The fourth-order valence-electron chi connectivity index (χ4n) is 4.86. The van der Waals surface area contributed by atoms with Gasteiger partial charge in [0, 0.05) is 12.3 Å². The first-order valence-electron chi connectivity index (χ1n) is 12.4. The molecule has 2 aliphatic heterocycles. The summed E-state index contributed by atoms with van der Waals surface area (Å²) < 4.78 is 32.4. The average Bonchev–Trinajstić information content (AvgIpc) is 3.21. The van der Waals surface area contributed by atoms with Crippen molar-refractivity contribution in [1.82, 2.24) is 0 Å². The molecular weight excluding hydrogens is 516 g/mol. The Balaban J connectivity index is 1.52. The van der Waals surface area contributed by atoms with Crippen LogP contribution in [0.5, 0.6) is 23.0 Å². The van der Waals surface area contributed by atoms with Crippen LogP contribution < -0.4 is 18.9 Å². The minimum Gasteiger partial charge on any atom is -0.493 e. The van der Waals surface area contributed by atoms with E-state index in [-0.39, 0.29) is 24.5 Å². The Hall–Kier alpha value is -3.13. The van der Waals surface area contributed by atoms with Crippen molar-refractivity contribution in [2.24, 2.45) is 5.92 Å². The molecule has 5 N–H and O–H groups in total. The van der Waals surface area contributed by atoms with Gasteiger partial charge in [0.05, 0.1) is 34.5 Å². The highest BCUT2D eigenvalue weighted by Gasteiger charge is 2.51. The summed E-state index contributed by atoms with van der Waals surface area (Å²) in [4.78, 5) is 12.7. The summed E-state index contributed by atoms with van der Waals surface area (Å²) in [6.45, 7) is -0.556. The van der Waals surface area contributed by atoms with Gasteiger partial charge in [-0.15, -0.1) is 0 Å². The van der Waals surface area contributed by atoms with Crippen LogP contribution in [-0.4, -0.2) is 102 Å². The Kier molecular flexibility index (Phi) is 8.84. The molecule has 2 aromatic carbocycles. The predicted octanol–water partition coefficient (Wildman–Crippen LogP) is -0.420. The number of methoxy groups -OCH3 is 3. The molecule has 0 saturated carbocycles. The number of esters is 1. The van der Waals surface area contributed by atoms with Crippen LogP contribution in [0.4, 0.5) is 0 Å². The fourth-order valence-corrected chi connectivity index (χ4v) is 4.86. The van der Waals surface area contributed by atoms with Gasteiger partial charge in [-0.05, 0) is 41.8 Å². The summed E-state index contributed by atoms with van der Waals surface area (Å²) in [6.07, 6.45) is -6.98. The van der Waals surface area contributed by atoms with Crippen LogP contribution in [0.15, 0.2) is 36.4 Å². The Labute approximate surface area is 225 Å². The van der Waals surface area contributed by atoms with E-state index in [4.69, 9.17) is 28.4 Å². The number of carbonyl (C=O) groups is 1. The largest absolute Gasteiger partial charge is 0.493 e. The number of aliphatic hydroxyl groups excluding tert-OH is 4. The average molecular weight is 551 g/mol. The van der Waals surface area contributed by atoms with E-state index >= 15 is 0 Å². The molecule has 0 aromatic heterocycles. The van der Waals surface area contributed by atoms with Gasteiger partial charge in [0.15, 0.2) is 28.6 Å². The highest BCUT2D eigenvalue weighted by molar-refractivity contribution is 5.82. The highest BCUT2D eigenvalue weighted by atomic mass is 16.7. The zero-order valence-electron chi connectivity index (χ0n) is 21.9.